The lowest BCUT2D eigenvalue weighted by atomic mass is 9.95. The van der Waals surface area contributed by atoms with Gasteiger partial charge in [-0.05, 0) is 13.3 Å². The number of carbonyl (C=O) groups excluding carboxylic acids is 1. The van der Waals surface area contributed by atoms with Crippen molar-refractivity contribution in [2.24, 2.45) is 5.92 Å². The first-order chi connectivity index (χ1) is 16.5. The predicted octanol–water partition coefficient (Wildman–Crippen LogP) is 0.627. The minimum Gasteiger partial charge on any atom is -0.457 e. The molecule has 0 aliphatic carbocycles. The summed E-state index contributed by atoms with van der Waals surface area (Å²) in [5.74, 6) is -1.06. The number of phosphoric acid groups is 3. The number of nitrogens with zero attached hydrogens (tertiary/aromatic N) is 3. The molecule has 0 bridgehead atoms. The van der Waals surface area contributed by atoms with E-state index in [4.69, 9.17) is 23.8 Å². The Balaban J connectivity index is 1.86. The molecule has 2 aromatic heterocycles. The number of esters is 1. The Kier molecular flexibility index (Phi) is 8.40. The van der Waals surface area contributed by atoms with Gasteiger partial charge >= 0.3 is 29.4 Å². The van der Waals surface area contributed by atoms with Gasteiger partial charge in [-0.15, -0.1) is 0 Å². The molecular formula is C15H23N4O14P3. The number of nitrogens with one attached hydrogen (secondary N) is 1. The first-order valence-electron chi connectivity index (χ1n) is 10.1. The Hall–Kier alpha value is -1.81. The molecule has 0 saturated carbocycles. The second-order valence-corrected chi connectivity index (χ2v) is 12.0. The van der Waals surface area contributed by atoms with Gasteiger partial charge in [-0.25, -0.2) is 23.7 Å². The van der Waals surface area contributed by atoms with Gasteiger partial charge in [-0.1, -0.05) is 6.92 Å². The second-order valence-electron chi connectivity index (χ2n) is 7.57. The van der Waals surface area contributed by atoms with E-state index in [0.717, 1.165) is 6.92 Å². The summed E-state index contributed by atoms with van der Waals surface area (Å²) in [5.41, 5.74) is -0.424. The van der Waals surface area contributed by atoms with E-state index >= 15 is 0 Å². The zero-order chi connectivity index (χ0) is 27.1. The van der Waals surface area contributed by atoms with Crippen molar-refractivity contribution in [1.82, 2.24) is 19.5 Å². The molecule has 0 amide bonds. The second kappa shape index (κ2) is 10.5. The van der Waals surface area contributed by atoms with Crippen LogP contribution in [0.4, 0.5) is 0 Å². The number of phosphoric ester groups is 1. The Labute approximate surface area is 202 Å². The molecule has 21 heteroatoms. The van der Waals surface area contributed by atoms with Crippen LogP contribution in [-0.4, -0.2) is 63.9 Å². The summed E-state index contributed by atoms with van der Waals surface area (Å²) in [4.78, 5) is 71.0. The quantitative estimate of drug-likeness (QED) is 0.192. The first kappa shape index (κ1) is 28.8. The molecule has 1 fully saturated rings. The van der Waals surface area contributed by atoms with E-state index in [9.17, 15) is 33.1 Å². The van der Waals surface area contributed by atoms with Gasteiger partial charge in [0, 0.05) is 12.8 Å². The summed E-state index contributed by atoms with van der Waals surface area (Å²) in [5, 5.41) is 0. The molecule has 2 aromatic rings. The number of hydrogen-bond acceptors (Lipinski definition) is 12. The van der Waals surface area contributed by atoms with Crippen molar-refractivity contribution in [3.05, 3.63) is 22.5 Å². The maximum atomic E-state index is 12.2. The lowest BCUT2D eigenvalue weighted by Gasteiger charge is -2.23. The molecule has 0 aromatic carbocycles. The Morgan fingerprint density at radius 1 is 1.19 bits per heavy atom. The molecule has 0 radical (unpaired) electrons. The maximum Gasteiger partial charge on any atom is 0.490 e. The molecule has 18 nitrogen and oxygen atoms in total. The van der Waals surface area contributed by atoms with Gasteiger partial charge in [-0.3, -0.25) is 18.7 Å². The van der Waals surface area contributed by atoms with Crippen LogP contribution in [0.25, 0.3) is 11.2 Å². The molecule has 1 saturated heterocycles. The molecule has 2 unspecified atom stereocenters. The number of H-pyrrole nitrogens is 1. The van der Waals surface area contributed by atoms with E-state index in [1.807, 2.05) is 0 Å². The highest BCUT2D eigenvalue weighted by molar-refractivity contribution is 7.66. The number of rotatable bonds is 10. The topological polar surface area (TPSA) is 259 Å². The maximum absolute atomic E-state index is 12.2. The van der Waals surface area contributed by atoms with Crippen LogP contribution >= 0.6 is 23.5 Å². The summed E-state index contributed by atoms with van der Waals surface area (Å²) in [6, 6.07) is 0. The number of aromatic amines is 1. The van der Waals surface area contributed by atoms with Crippen molar-refractivity contribution in [3.63, 3.8) is 0 Å². The Morgan fingerprint density at radius 2 is 1.86 bits per heavy atom. The van der Waals surface area contributed by atoms with Gasteiger partial charge in [0.25, 0.3) is 5.56 Å². The molecule has 36 heavy (non-hydrogen) atoms. The van der Waals surface area contributed by atoms with Crippen molar-refractivity contribution in [2.45, 2.75) is 45.6 Å². The van der Waals surface area contributed by atoms with Gasteiger partial charge in [0.1, 0.15) is 5.82 Å². The minimum absolute atomic E-state index is 0.0180. The molecule has 1 aliphatic rings. The zero-order valence-corrected chi connectivity index (χ0v) is 21.5. The predicted molar refractivity (Wildman–Crippen MR) is 116 cm³/mol. The average molecular weight is 576 g/mol. The van der Waals surface area contributed by atoms with Crippen LogP contribution in [-0.2, 0) is 41.1 Å². The van der Waals surface area contributed by atoms with Crippen LogP contribution in [0.2, 0.25) is 0 Å². The number of imidazole rings is 1. The largest absolute Gasteiger partial charge is 0.490 e. The molecule has 0 spiro atoms. The molecule has 1 aliphatic heterocycles. The standard InChI is InChI=1S/C15H23N4O14P3/c1-4-9-10(5-29-35(25,26)33-36(27,28)32-34(22,23)24)31-15(12(9)30-8(3)20)19-6-16-11-13(19)17-7(2)18-14(11)21/h6,9-10,12,15H,4-5H2,1-3H3,(H,25,26)(H,27,28)(H,17,18,21)(H2,22,23,24)/t9-,10-,12-,15-/m1/s1. The van der Waals surface area contributed by atoms with Gasteiger partial charge in [-0.2, -0.15) is 8.62 Å². The van der Waals surface area contributed by atoms with Crippen molar-refractivity contribution in [1.29, 1.82) is 0 Å². The summed E-state index contributed by atoms with van der Waals surface area (Å²) < 4.78 is 59.2. The smallest absolute Gasteiger partial charge is 0.457 e. The zero-order valence-electron chi connectivity index (χ0n) is 18.9. The van der Waals surface area contributed by atoms with Crippen LogP contribution in [0.5, 0.6) is 0 Å². The van der Waals surface area contributed by atoms with Crippen LogP contribution in [0.3, 0.4) is 0 Å². The molecule has 5 N–H and O–H groups in total. The number of carbonyl (C=O) groups is 1. The number of aryl methyl sites for hydroxylation is 1. The van der Waals surface area contributed by atoms with E-state index in [1.165, 1.54) is 17.8 Å². The third kappa shape index (κ3) is 6.94. The fraction of sp³-hybridized carbons (Fsp3) is 0.600. The van der Waals surface area contributed by atoms with Crippen molar-refractivity contribution >= 4 is 40.6 Å². The Bertz CT molecular complexity index is 1340. The van der Waals surface area contributed by atoms with Gasteiger partial charge in [0.2, 0.25) is 0 Å². The van der Waals surface area contributed by atoms with E-state index in [-0.39, 0.29) is 17.0 Å². The normalized spacial score (nSPS) is 26.0. The molecule has 3 heterocycles. The minimum atomic E-state index is -5.70. The summed E-state index contributed by atoms with van der Waals surface area (Å²) in [6.45, 7) is 3.64. The third-order valence-corrected chi connectivity index (χ3v) is 8.71. The van der Waals surface area contributed by atoms with Crippen molar-refractivity contribution < 1.29 is 60.7 Å². The van der Waals surface area contributed by atoms with Crippen LogP contribution in [0.15, 0.2) is 11.1 Å². The Morgan fingerprint density at radius 3 is 2.44 bits per heavy atom. The number of fused-ring (bicyclic) bond motifs is 1. The fourth-order valence-corrected chi connectivity index (χ4v) is 6.72. The fourth-order valence-electron chi connectivity index (χ4n) is 3.69. The number of ether oxygens (including phenoxy) is 2. The van der Waals surface area contributed by atoms with Gasteiger partial charge in [0.05, 0.1) is 19.0 Å². The van der Waals surface area contributed by atoms with Crippen LogP contribution < -0.4 is 5.56 Å². The van der Waals surface area contributed by atoms with E-state index in [1.54, 1.807) is 6.92 Å². The van der Waals surface area contributed by atoms with E-state index in [0.29, 0.717) is 6.42 Å². The lowest BCUT2D eigenvalue weighted by molar-refractivity contribution is -0.153. The van der Waals surface area contributed by atoms with E-state index in [2.05, 4.69) is 23.6 Å². The monoisotopic (exact) mass is 576 g/mol. The van der Waals surface area contributed by atoms with Crippen LogP contribution in [0, 0.1) is 12.8 Å². The summed E-state index contributed by atoms with van der Waals surface area (Å²) in [7, 11) is -16.7. The summed E-state index contributed by atoms with van der Waals surface area (Å²) in [6.07, 6.45) is -1.65. The van der Waals surface area contributed by atoms with Crippen molar-refractivity contribution in [2.75, 3.05) is 6.61 Å². The SMILES string of the molecule is CC[C@H]1[C@@H](OC(C)=O)[C@H](n2cnc3c(=O)[nH]c(C)nc32)O[C@@H]1COP(=O)(O)OP(=O)(O)OP(=O)(O)O. The van der Waals surface area contributed by atoms with Gasteiger partial charge < -0.3 is 34.0 Å². The van der Waals surface area contributed by atoms with Gasteiger partial charge in [0.15, 0.2) is 23.5 Å². The highest BCUT2D eigenvalue weighted by Gasteiger charge is 2.49. The lowest BCUT2D eigenvalue weighted by Crippen LogP contribution is -2.32. The number of hydrogen-bond donors (Lipinski definition) is 5. The summed E-state index contributed by atoms with van der Waals surface area (Å²) >= 11 is 0. The third-order valence-electron chi connectivity index (χ3n) is 4.91. The molecule has 202 valence electrons. The molecule has 3 rings (SSSR count). The number of aromatic nitrogens is 4. The van der Waals surface area contributed by atoms with E-state index < -0.39 is 66.0 Å². The molecule has 6 atom stereocenters. The highest BCUT2D eigenvalue weighted by atomic mass is 31.3. The highest BCUT2D eigenvalue weighted by Crippen LogP contribution is 2.66. The molecular weight excluding hydrogens is 553 g/mol. The average Bonchev–Trinajstić information content (AvgIpc) is 3.24. The van der Waals surface area contributed by atoms with Crippen molar-refractivity contribution in [3.8, 4) is 0 Å². The first-order valence-corrected chi connectivity index (χ1v) is 14.6. The van der Waals surface area contributed by atoms with Crippen LogP contribution in [0.1, 0.15) is 32.3 Å².